The minimum absolute atomic E-state index is 0.0688. The second-order valence-electron chi connectivity index (χ2n) is 6.05. The number of furan rings is 1. The summed E-state index contributed by atoms with van der Waals surface area (Å²) in [7, 11) is 0. The summed E-state index contributed by atoms with van der Waals surface area (Å²) in [6, 6.07) is 21.3. The zero-order valence-electron chi connectivity index (χ0n) is 14.5. The summed E-state index contributed by atoms with van der Waals surface area (Å²) in [5, 5.41) is 6.32. The van der Waals surface area contributed by atoms with Crippen LogP contribution in [0.3, 0.4) is 0 Å². The Morgan fingerprint density at radius 1 is 1.04 bits per heavy atom. The molecule has 1 aromatic heterocycles. The number of amides is 1. The van der Waals surface area contributed by atoms with Crippen molar-refractivity contribution in [1.29, 1.82) is 0 Å². The Morgan fingerprint density at radius 3 is 2.46 bits per heavy atom. The summed E-state index contributed by atoms with van der Waals surface area (Å²) in [6.45, 7) is 2.16. The predicted octanol–water partition coefficient (Wildman–Crippen LogP) is 4.60. The maximum Gasteiger partial charge on any atom is 0.234 e. The highest BCUT2D eigenvalue weighted by atomic mass is 79.9. The molecule has 2 N–H and O–H groups in total. The first kappa shape index (κ1) is 18.4. The molecule has 2 aromatic carbocycles. The number of carbonyl (C=O) groups is 1. The van der Waals surface area contributed by atoms with Gasteiger partial charge in [0, 0.05) is 4.47 Å². The van der Waals surface area contributed by atoms with Gasteiger partial charge >= 0.3 is 0 Å². The van der Waals surface area contributed by atoms with Gasteiger partial charge in [0.15, 0.2) is 0 Å². The average Bonchev–Trinajstić information content (AvgIpc) is 3.17. The molecular weight excluding hydrogens is 392 g/mol. The van der Waals surface area contributed by atoms with E-state index in [1.807, 2.05) is 73.7 Å². The largest absolute Gasteiger partial charge is 0.467 e. The summed E-state index contributed by atoms with van der Waals surface area (Å²) < 4.78 is 6.53. The maximum absolute atomic E-state index is 12.4. The van der Waals surface area contributed by atoms with E-state index in [0.717, 1.165) is 21.4 Å². The molecule has 5 heteroatoms. The minimum atomic E-state index is -0.171. The number of hydrogen-bond donors (Lipinski definition) is 2. The molecule has 0 aliphatic heterocycles. The van der Waals surface area contributed by atoms with Crippen LogP contribution in [0.15, 0.2) is 81.9 Å². The van der Waals surface area contributed by atoms with Crippen molar-refractivity contribution in [3.8, 4) is 0 Å². The van der Waals surface area contributed by atoms with Crippen LogP contribution < -0.4 is 10.6 Å². The summed E-state index contributed by atoms with van der Waals surface area (Å²) in [5.41, 5.74) is 2.10. The van der Waals surface area contributed by atoms with Gasteiger partial charge < -0.3 is 9.73 Å². The van der Waals surface area contributed by atoms with Crippen molar-refractivity contribution in [2.45, 2.75) is 19.0 Å². The fourth-order valence-corrected chi connectivity index (χ4v) is 3.50. The lowest BCUT2D eigenvalue weighted by atomic mass is 10.0. The van der Waals surface area contributed by atoms with Crippen LogP contribution in [0.4, 0.5) is 0 Å². The van der Waals surface area contributed by atoms with E-state index in [4.69, 9.17) is 4.42 Å². The molecule has 0 aliphatic rings. The topological polar surface area (TPSA) is 54.3 Å². The molecule has 0 unspecified atom stereocenters. The summed E-state index contributed by atoms with van der Waals surface area (Å²) in [6.07, 6.45) is 1.64. The van der Waals surface area contributed by atoms with Gasteiger partial charge in [0.2, 0.25) is 5.91 Å². The van der Waals surface area contributed by atoms with Crippen LogP contribution in [0.5, 0.6) is 0 Å². The van der Waals surface area contributed by atoms with E-state index in [1.54, 1.807) is 6.26 Å². The smallest absolute Gasteiger partial charge is 0.234 e. The van der Waals surface area contributed by atoms with Gasteiger partial charge in [0.25, 0.3) is 0 Å². The Bertz CT molecular complexity index is 834. The lowest BCUT2D eigenvalue weighted by molar-refractivity contribution is -0.121. The Morgan fingerprint density at radius 2 is 1.77 bits per heavy atom. The normalized spacial score (nSPS) is 13.2. The van der Waals surface area contributed by atoms with Gasteiger partial charge in [-0.2, -0.15) is 0 Å². The van der Waals surface area contributed by atoms with E-state index in [9.17, 15) is 4.79 Å². The van der Waals surface area contributed by atoms with E-state index in [0.29, 0.717) is 0 Å². The second-order valence-corrected chi connectivity index (χ2v) is 6.91. The van der Waals surface area contributed by atoms with Crippen molar-refractivity contribution in [3.05, 3.63) is 94.4 Å². The van der Waals surface area contributed by atoms with Crippen LogP contribution in [0.1, 0.15) is 35.9 Å². The monoisotopic (exact) mass is 412 g/mol. The molecule has 3 rings (SSSR count). The fourth-order valence-electron chi connectivity index (χ4n) is 2.88. The molecule has 134 valence electrons. The number of nitrogens with one attached hydrogen (secondary N) is 2. The van der Waals surface area contributed by atoms with Gasteiger partial charge in [0.1, 0.15) is 5.76 Å². The first-order valence-corrected chi connectivity index (χ1v) is 9.30. The Balaban J connectivity index is 1.64. The van der Waals surface area contributed by atoms with Crippen molar-refractivity contribution >= 4 is 21.8 Å². The van der Waals surface area contributed by atoms with Gasteiger partial charge in [-0.1, -0.05) is 64.5 Å². The van der Waals surface area contributed by atoms with Crippen LogP contribution in [0.2, 0.25) is 0 Å². The second kappa shape index (κ2) is 8.83. The third kappa shape index (κ3) is 4.62. The van der Waals surface area contributed by atoms with Gasteiger partial charge in [-0.25, -0.2) is 0 Å². The summed E-state index contributed by atoms with van der Waals surface area (Å²) >= 11 is 3.53. The predicted molar refractivity (Wildman–Crippen MR) is 106 cm³/mol. The molecule has 0 spiro atoms. The van der Waals surface area contributed by atoms with Crippen molar-refractivity contribution < 1.29 is 9.21 Å². The lowest BCUT2D eigenvalue weighted by Crippen LogP contribution is -2.37. The molecule has 0 fully saturated rings. The zero-order chi connectivity index (χ0) is 18.4. The third-order valence-electron chi connectivity index (χ3n) is 4.18. The van der Waals surface area contributed by atoms with Crippen molar-refractivity contribution in [1.82, 2.24) is 10.6 Å². The molecule has 0 bridgehead atoms. The number of halogens is 1. The van der Waals surface area contributed by atoms with Gasteiger partial charge in [-0.05, 0) is 36.2 Å². The van der Waals surface area contributed by atoms with E-state index < -0.39 is 0 Å². The molecular formula is C21H21BrN2O2. The SMILES string of the molecule is C[C@H](NC(=O)CN[C@@H](c1ccccc1)c1ccco1)c1ccccc1Br. The van der Waals surface area contributed by atoms with Crippen LogP contribution in [-0.4, -0.2) is 12.5 Å². The highest BCUT2D eigenvalue weighted by Gasteiger charge is 2.18. The highest BCUT2D eigenvalue weighted by molar-refractivity contribution is 9.10. The van der Waals surface area contributed by atoms with Crippen LogP contribution >= 0.6 is 15.9 Å². The molecule has 26 heavy (non-hydrogen) atoms. The van der Waals surface area contributed by atoms with Crippen LogP contribution in [-0.2, 0) is 4.79 Å². The van der Waals surface area contributed by atoms with Gasteiger partial charge in [-0.3, -0.25) is 10.1 Å². The first-order valence-electron chi connectivity index (χ1n) is 8.50. The molecule has 0 saturated carbocycles. The molecule has 3 aromatic rings. The maximum atomic E-state index is 12.4. The lowest BCUT2D eigenvalue weighted by Gasteiger charge is -2.19. The minimum Gasteiger partial charge on any atom is -0.467 e. The highest BCUT2D eigenvalue weighted by Crippen LogP contribution is 2.23. The van der Waals surface area contributed by atoms with E-state index in [-0.39, 0.29) is 24.5 Å². The Kier molecular flexibility index (Phi) is 6.26. The molecule has 1 amide bonds. The Hall–Kier alpha value is -2.37. The molecule has 1 heterocycles. The number of rotatable bonds is 7. The average molecular weight is 413 g/mol. The standard InChI is InChI=1S/C21H21BrN2O2/c1-15(17-10-5-6-11-18(17)22)24-20(25)14-23-21(19-12-7-13-26-19)16-8-3-2-4-9-16/h2-13,15,21,23H,14H2,1H3,(H,24,25)/t15-,21-/m0/s1. The van der Waals surface area contributed by atoms with Crippen LogP contribution in [0, 0.1) is 0 Å². The van der Waals surface area contributed by atoms with E-state index >= 15 is 0 Å². The first-order chi connectivity index (χ1) is 12.6. The third-order valence-corrected chi connectivity index (χ3v) is 4.90. The quantitative estimate of drug-likeness (QED) is 0.596. The fraction of sp³-hybridized carbons (Fsp3) is 0.190. The number of carbonyl (C=O) groups excluding carboxylic acids is 1. The molecule has 0 radical (unpaired) electrons. The molecule has 2 atom stereocenters. The van der Waals surface area contributed by atoms with Crippen molar-refractivity contribution in [2.75, 3.05) is 6.54 Å². The number of hydrogen-bond acceptors (Lipinski definition) is 3. The van der Waals surface area contributed by atoms with Crippen molar-refractivity contribution in [3.63, 3.8) is 0 Å². The zero-order valence-corrected chi connectivity index (χ0v) is 16.1. The van der Waals surface area contributed by atoms with Gasteiger partial charge in [0.05, 0.1) is 24.9 Å². The molecule has 0 aliphatic carbocycles. The summed E-state index contributed by atoms with van der Waals surface area (Å²) in [5.74, 6) is 0.712. The summed E-state index contributed by atoms with van der Waals surface area (Å²) in [4.78, 5) is 12.4. The van der Waals surface area contributed by atoms with Crippen molar-refractivity contribution in [2.24, 2.45) is 0 Å². The van der Waals surface area contributed by atoms with Gasteiger partial charge in [-0.15, -0.1) is 0 Å². The van der Waals surface area contributed by atoms with E-state index in [1.165, 1.54) is 0 Å². The van der Waals surface area contributed by atoms with Crippen LogP contribution in [0.25, 0.3) is 0 Å². The molecule has 0 saturated heterocycles. The number of benzene rings is 2. The van der Waals surface area contributed by atoms with E-state index in [2.05, 4.69) is 26.6 Å². The Labute approximate surface area is 161 Å². The molecule has 4 nitrogen and oxygen atoms in total.